The lowest BCUT2D eigenvalue weighted by molar-refractivity contribution is -0.310. The number of rotatable bonds is 6. The summed E-state index contributed by atoms with van der Waals surface area (Å²) in [6.45, 7) is 9.19. The van der Waals surface area contributed by atoms with E-state index in [0.29, 0.717) is 13.2 Å². The van der Waals surface area contributed by atoms with Crippen LogP contribution in [-0.2, 0) is 9.62 Å². The Morgan fingerprint density at radius 3 is 2.25 bits per heavy atom. The fraction of sp³-hybridized carbons (Fsp3) is 1.00. The maximum atomic E-state index is 8.64. The molecule has 3 nitrogen and oxygen atoms in total. The molecule has 0 bridgehead atoms. The van der Waals surface area contributed by atoms with Crippen LogP contribution in [0.4, 0.5) is 0 Å². The lowest BCUT2D eigenvalue weighted by atomic mass is 9.84. The molecule has 3 heteroatoms. The summed E-state index contributed by atoms with van der Waals surface area (Å²) >= 11 is 0. The molecule has 0 aromatic rings. The van der Waals surface area contributed by atoms with Crippen molar-refractivity contribution in [3.8, 4) is 0 Å². The van der Waals surface area contributed by atoms with Crippen LogP contribution in [0.25, 0.3) is 0 Å². The van der Waals surface area contributed by atoms with Gasteiger partial charge in [-0.15, -0.1) is 0 Å². The largest absolute Gasteiger partial charge is 0.379 e. The molecular formula is C9H20O3. The summed E-state index contributed by atoms with van der Waals surface area (Å²) < 4.78 is 5.19. The molecule has 0 aromatic carbocycles. The van der Waals surface area contributed by atoms with Crippen molar-refractivity contribution < 1.29 is 14.9 Å². The van der Waals surface area contributed by atoms with Gasteiger partial charge >= 0.3 is 0 Å². The first-order valence-corrected chi connectivity index (χ1v) is 4.46. The minimum absolute atomic E-state index is 0.0378. The molecule has 0 spiro atoms. The lowest BCUT2D eigenvalue weighted by Gasteiger charge is -2.30. The Balaban J connectivity index is 3.95. The quantitative estimate of drug-likeness (QED) is 0.498. The molecule has 0 aromatic heterocycles. The molecule has 0 saturated carbocycles. The monoisotopic (exact) mass is 176 g/mol. The fourth-order valence-corrected chi connectivity index (χ4v) is 0.851. The minimum atomic E-state index is -0.234. The SMILES string of the molecule is CCOCC(OO)C(C)(C)CC. The fourth-order valence-electron chi connectivity index (χ4n) is 0.851. The maximum absolute atomic E-state index is 8.64. The van der Waals surface area contributed by atoms with Gasteiger partial charge in [-0.1, -0.05) is 20.8 Å². The van der Waals surface area contributed by atoms with Crippen molar-refractivity contribution in [2.45, 2.75) is 40.2 Å². The van der Waals surface area contributed by atoms with Crippen molar-refractivity contribution in [1.82, 2.24) is 0 Å². The summed E-state index contributed by atoms with van der Waals surface area (Å²) in [6, 6.07) is 0. The Bertz CT molecular complexity index is 112. The Labute approximate surface area is 74.6 Å². The Morgan fingerprint density at radius 2 is 1.92 bits per heavy atom. The molecule has 0 fully saturated rings. The van der Waals surface area contributed by atoms with Gasteiger partial charge in [-0.05, 0) is 18.8 Å². The summed E-state index contributed by atoms with van der Waals surface area (Å²) in [5.74, 6) is 0. The van der Waals surface area contributed by atoms with E-state index in [4.69, 9.17) is 9.99 Å². The third kappa shape index (κ3) is 3.52. The predicted molar refractivity (Wildman–Crippen MR) is 48.1 cm³/mol. The highest BCUT2D eigenvalue weighted by Crippen LogP contribution is 2.26. The van der Waals surface area contributed by atoms with Gasteiger partial charge in [0.25, 0.3) is 0 Å². The van der Waals surface area contributed by atoms with Crippen LogP contribution < -0.4 is 0 Å². The topological polar surface area (TPSA) is 38.7 Å². The van der Waals surface area contributed by atoms with Crippen molar-refractivity contribution in [2.24, 2.45) is 5.41 Å². The van der Waals surface area contributed by atoms with Gasteiger partial charge < -0.3 is 4.74 Å². The van der Waals surface area contributed by atoms with Crippen LogP contribution in [-0.4, -0.2) is 24.6 Å². The second kappa shape index (κ2) is 5.51. The molecule has 1 unspecified atom stereocenters. The molecule has 1 atom stereocenters. The summed E-state index contributed by atoms with van der Waals surface area (Å²) in [5, 5.41) is 8.64. The van der Waals surface area contributed by atoms with E-state index in [1.807, 2.05) is 20.8 Å². The summed E-state index contributed by atoms with van der Waals surface area (Å²) in [5.41, 5.74) is -0.0378. The first kappa shape index (κ1) is 11.9. The van der Waals surface area contributed by atoms with E-state index in [9.17, 15) is 0 Å². The van der Waals surface area contributed by atoms with E-state index >= 15 is 0 Å². The molecule has 0 radical (unpaired) electrons. The minimum Gasteiger partial charge on any atom is -0.379 e. The Hall–Kier alpha value is -0.120. The number of hydrogen-bond acceptors (Lipinski definition) is 3. The van der Waals surface area contributed by atoms with E-state index < -0.39 is 0 Å². The number of ether oxygens (including phenoxy) is 1. The molecule has 0 heterocycles. The second-order valence-electron chi connectivity index (χ2n) is 3.60. The van der Waals surface area contributed by atoms with Crippen molar-refractivity contribution in [1.29, 1.82) is 0 Å². The second-order valence-corrected chi connectivity index (χ2v) is 3.60. The molecule has 0 aliphatic carbocycles. The van der Waals surface area contributed by atoms with Gasteiger partial charge in [0.2, 0.25) is 0 Å². The molecule has 0 saturated heterocycles. The molecule has 74 valence electrons. The highest BCUT2D eigenvalue weighted by atomic mass is 17.1. The van der Waals surface area contributed by atoms with Crippen LogP contribution in [0.2, 0.25) is 0 Å². The van der Waals surface area contributed by atoms with Crippen LogP contribution in [0, 0.1) is 5.41 Å². The van der Waals surface area contributed by atoms with E-state index in [-0.39, 0.29) is 11.5 Å². The average molecular weight is 176 g/mol. The molecule has 12 heavy (non-hydrogen) atoms. The molecule has 0 aliphatic rings. The first-order valence-electron chi connectivity index (χ1n) is 4.46. The van der Waals surface area contributed by atoms with E-state index in [1.165, 1.54) is 0 Å². The van der Waals surface area contributed by atoms with Gasteiger partial charge in [0.1, 0.15) is 6.10 Å². The summed E-state index contributed by atoms with van der Waals surface area (Å²) in [6.07, 6.45) is 0.716. The van der Waals surface area contributed by atoms with Crippen LogP contribution in [0.5, 0.6) is 0 Å². The smallest absolute Gasteiger partial charge is 0.121 e. The normalized spacial score (nSPS) is 14.8. The van der Waals surface area contributed by atoms with Crippen LogP contribution in [0.15, 0.2) is 0 Å². The van der Waals surface area contributed by atoms with Crippen molar-refractivity contribution in [3.05, 3.63) is 0 Å². The van der Waals surface area contributed by atoms with E-state index in [1.54, 1.807) is 0 Å². The van der Waals surface area contributed by atoms with Crippen LogP contribution >= 0.6 is 0 Å². The molecule has 0 aliphatic heterocycles. The maximum Gasteiger partial charge on any atom is 0.121 e. The first-order chi connectivity index (χ1) is 5.58. The third-order valence-electron chi connectivity index (χ3n) is 2.38. The zero-order valence-electron chi connectivity index (χ0n) is 8.46. The molecular weight excluding hydrogens is 156 g/mol. The highest BCUT2D eigenvalue weighted by molar-refractivity contribution is 4.76. The van der Waals surface area contributed by atoms with Gasteiger partial charge in [-0.3, -0.25) is 5.26 Å². The van der Waals surface area contributed by atoms with Crippen molar-refractivity contribution >= 4 is 0 Å². The number of hydrogen-bond donors (Lipinski definition) is 1. The van der Waals surface area contributed by atoms with Crippen LogP contribution in [0.3, 0.4) is 0 Å². The molecule has 0 rings (SSSR count). The molecule has 1 N–H and O–H groups in total. The van der Waals surface area contributed by atoms with Gasteiger partial charge in [-0.25, -0.2) is 4.89 Å². The lowest BCUT2D eigenvalue weighted by Crippen LogP contribution is -2.34. The van der Waals surface area contributed by atoms with Gasteiger partial charge in [0, 0.05) is 6.61 Å². The summed E-state index contributed by atoms with van der Waals surface area (Å²) in [7, 11) is 0. The zero-order chi connectivity index (χ0) is 9.61. The Morgan fingerprint density at radius 1 is 1.33 bits per heavy atom. The molecule has 0 amide bonds. The predicted octanol–water partition coefficient (Wildman–Crippen LogP) is 2.32. The van der Waals surface area contributed by atoms with Crippen LogP contribution in [0.1, 0.15) is 34.1 Å². The average Bonchev–Trinajstić information content (AvgIpc) is 2.05. The van der Waals surface area contributed by atoms with Crippen molar-refractivity contribution in [2.75, 3.05) is 13.2 Å². The standard InChI is InChI=1S/C9H20O3/c1-5-9(3,4)8(12-10)7-11-6-2/h8,10H,5-7H2,1-4H3. The highest BCUT2D eigenvalue weighted by Gasteiger charge is 2.29. The van der Waals surface area contributed by atoms with Crippen molar-refractivity contribution in [3.63, 3.8) is 0 Å². The van der Waals surface area contributed by atoms with E-state index in [2.05, 4.69) is 11.8 Å². The third-order valence-corrected chi connectivity index (χ3v) is 2.38. The van der Waals surface area contributed by atoms with Gasteiger partial charge in [-0.2, -0.15) is 0 Å². The van der Waals surface area contributed by atoms with Gasteiger partial charge in [0.15, 0.2) is 0 Å². The summed E-state index contributed by atoms with van der Waals surface area (Å²) in [4.78, 5) is 4.38. The Kier molecular flexibility index (Phi) is 5.46. The zero-order valence-corrected chi connectivity index (χ0v) is 8.46. The van der Waals surface area contributed by atoms with E-state index in [0.717, 1.165) is 6.42 Å². The van der Waals surface area contributed by atoms with Gasteiger partial charge in [0.05, 0.1) is 6.61 Å².